The fraction of sp³-hybridized carbons (Fsp3) is 0.375. The number of pyridine rings is 1. The van der Waals surface area contributed by atoms with Crippen LogP contribution in [0.1, 0.15) is 6.92 Å². The summed E-state index contributed by atoms with van der Waals surface area (Å²) in [6.45, 7) is 4.46. The van der Waals surface area contributed by atoms with E-state index in [-0.39, 0.29) is 5.91 Å². The van der Waals surface area contributed by atoms with Crippen molar-refractivity contribution in [2.45, 2.75) is 6.92 Å². The largest absolute Gasteiger partial charge is 0.479 e. The molecule has 1 aliphatic heterocycles. The van der Waals surface area contributed by atoms with E-state index >= 15 is 0 Å². The van der Waals surface area contributed by atoms with Crippen LogP contribution >= 0.6 is 11.6 Å². The van der Waals surface area contributed by atoms with Crippen LogP contribution in [0, 0.1) is 0 Å². The number of halogens is 1. The second kappa shape index (κ2) is 7.52. The number of ether oxygens (including phenoxy) is 1. The van der Waals surface area contributed by atoms with Crippen molar-refractivity contribution < 1.29 is 9.53 Å². The Morgan fingerprint density at radius 1 is 1.20 bits per heavy atom. The van der Waals surface area contributed by atoms with Crippen LogP contribution in [0.2, 0.25) is 5.02 Å². The molecule has 0 bridgehead atoms. The molecule has 3 heterocycles. The highest BCUT2D eigenvalue weighted by atomic mass is 35.5. The van der Waals surface area contributed by atoms with Crippen LogP contribution in [-0.4, -0.2) is 59.0 Å². The Balaban J connectivity index is 1.73. The third kappa shape index (κ3) is 4.08. The number of carbonyl (C=O) groups is 1. The summed E-state index contributed by atoms with van der Waals surface area (Å²) >= 11 is 5.79. The lowest BCUT2D eigenvalue weighted by Gasteiger charge is -2.35. The van der Waals surface area contributed by atoms with Crippen LogP contribution in [0.3, 0.4) is 0 Å². The molecule has 1 fully saturated rings. The van der Waals surface area contributed by atoms with Crippen molar-refractivity contribution in [1.82, 2.24) is 19.9 Å². The summed E-state index contributed by atoms with van der Waals surface area (Å²) < 4.78 is 5.39. The highest BCUT2D eigenvalue weighted by Gasteiger charge is 2.20. The molecule has 0 unspecified atom stereocenters. The number of anilines is 3. The first-order chi connectivity index (χ1) is 12.1. The molecule has 2 aromatic heterocycles. The van der Waals surface area contributed by atoms with Gasteiger partial charge in [0, 0.05) is 33.1 Å². The first-order valence-corrected chi connectivity index (χ1v) is 8.24. The minimum atomic E-state index is 0.104. The summed E-state index contributed by atoms with van der Waals surface area (Å²) in [5.74, 6) is 1.77. The summed E-state index contributed by atoms with van der Waals surface area (Å²) in [6.07, 6.45) is 3.03. The monoisotopic (exact) mass is 362 g/mol. The van der Waals surface area contributed by atoms with Crippen LogP contribution < -0.4 is 15.0 Å². The molecule has 0 radical (unpaired) electrons. The Hall–Kier alpha value is -2.61. The maximum atomic E-state index is 11.4. The summed E-state index contributed by atoms with van der Waals surface area (Å²) in [5.41, 5.74) is 0.663. The number of hydrogen-bond acceptors (Lipinski definition) is 7. The molecule has 1 aliphatic rings. The predicted molar refractivity (Wildman–Crippen MR) is 95.6 cm³/mol. The molecule has 9 heteroatoms. The molecular weight excluding hydrogens is 344 g/mol. The van der Waals surface area contributed by atoms with E-state index in [9.17, 15) is 4.79 Å². The molecule has 132 valence electrons. The minimum Gasteiger partial charge on any atom is -0.479 e. The lowest BCUT2D eigenvalue weighted by atomic mass is 10.3. The van der Waals surface area contributed by atoms with Gasteiger partial charge in [0.05, 0.1) is 24.5 Å². The molecular formula is C16H19ClN6O2. The molecule has 25 heavy (non-hydrogen) atoms. The highest BCUT2D eigenvalue weighted by molar-refractivity contribution is 6.30. The standard InChI is InChI=1S/C16H19ClN6O2/c1-11(24)22-5-7-23(8-6-22)14-4-3-13(15(21-14)25-2)20-16-18-9-12(17)10-19-16/h3-4,9-10H,5-8H2,1-2H3,(H,18,19,20). The summed E-state index contributed by atoms with van der Waals surface area (Å²) in [4.78, 5) is 28.1. The van der Waals surface area contributed by atoms with Crippen molar-refractivity contribution in [2.24, 2.45) is 0 Å². The van der Waals surface area contributed by atoms with Gasteiger partial charge in [-0.15, -0.1) is 0 Å². The first-order valence-electron chi connectivity index (χ1n) is 7.87. The molecule has 3 rings (SSSR count). The van der Waals surface area contributed by atoms with E-state index in [2.05, 4.69) is 25.2 Å². The number of carbonyl (C=O) groups excluding carboxylic acids is 1. The lowest BCUT2D eigenvalue weighted by Crippen LogP contribution is -2.48. The first kappa shape index (κ1) is 17.2. The molecule has 1 amide bonds. The van der Waals surface area contributed by atoms with Gasteiger partial charge in [0.2, 0.25) is 17.7 Å². The third-order valence-electron chi connectivity index (χ3n) is 3.95. The second-order valence-electron chi connectivity index (χ2n) is 5.57. The highest BCUT2D eigenvalue weighted by Crippen LogP contribution is 2.28. The quantitative estimate of drug-likeness (QED) is 0.889. The van der Waals surface area contributed by atoms with E-state index in [0.717, 1.165) is 18.9 Å². The number of aromatic nitrogens is 3. The fourth-order valence-electron chi connectivity index (χ4n) is 2.61. The topological polar surface area (TPSA) is 83.5 Å². The van der Waals surface area contributed by atoms with Crippen LogP contribution in [0.25, 0.3) is 0 Å². The van der Waals surface area contributed by atoms with E-state index < -0.39 is 0 Å². The molecule has 0 spiro atoms. The fourth-order valence-corrected chi connectivity index (χ4v) is 2.70. The van der Waals surface area contributed by atoms with Gasteiger partial charge >= 0.3 is 0 Å². The second-order valence-corrected chi connectivity index (χ2v) is 6.01. The van der Waals surface area contributed by atoms with E-state index in [1.54, 1.807) is 14.0 Å². The normalized spacial score (nSPS) is 14.4. The molecule has 1 N–H and O–H groups in total. The zero-order chi connectivity index (χ0) is 17.8. The summed E-state index contributed by atoms with van der Waals surface area (Å²) in [6, 6.07) is 3.78. The van der Waals surface area contributed by atoms with Gasteiger partial charge in [0.1, 0.15) is 11.5 Å². The number of amides is 1. The number of piperazine rings is 1. The molecule has 0 atom stereocenters. The smallest absolute Gasteiger partial charge is 0.239 e. The molecule has 0 aromatic carbocycles. The number of hydrogen-bond donors (Lipinski definition) is 1. The van der Waals surface area contributed by atoms with Crippen LogP contribution in [0.5, 0.6) is 5.88 Å². The number of rotatable bonds is 4. The zero-order valence-corrected chi connectivity index (χ0v) is 14.8. The van der Waals surface area contributed by atoms with Gasteiger partial charge in [-0.2, -0.15) is 4.98 Å². The van der Waals surface area contributed by atoms with E-state index in [1.807, 2.05) is 17.0 Å². The Labute approximate surface area is 150 Å². The van der Waals surface area contributed by atoms with Gasteiger partial charge in [-0.25, -0.2) is 9.97 Å². The van der Waals surface area contributed by atoms with Crippen molar-refractivity contribution in [1.29, 1.82) is 0 Å². The average Bonchev–Trinajstić information content (AvgIpc) is 2.64. The van der Waals surface area contributed by atoms with Gasteiger partial charge in [0.25, 0.3) is 0 Å². The van der Waals surface area contributed by atoms with Crippen molar-refractivity contribution in [3.63, 3.8) is 0 Å². The van der Waals surface area contributed by atoms with Gasteiger partial charge in [-0.05, 0) is 12.1 Å². The predicted octanol–water partition coefficient (Wildman–Crippen LogP) is 1.95. The van der Waals surface area contributed by atoms with E-state index in [4.69, 9.17) is 16.3 Å². The van der Waals surface area contributed by atoms with Gasteiger partial charge in [-0.1, -0.05) is 11.6 Å². The zero-order valence-electron chi connectivity index (χ0n) is 14.1. The van der Waals surface area contributed by atoms with Crippen molar-refractivity contribution >= 4 is 35.0 Å². The Morgan fingerprint density at radius 2 is 1.88 bits per heavy atom. The molecule has 0 aliphatic carbocycles. The maximum absolute atomic E-state index is 11.4. The molecule has 8 nitrogen and oxygen atoms in total. The number of nitrogens with zero attached hydrogens (tertiary/aromatic N) is 5. The number of nitrogens with one attached hydrogen (secondary N) is 1. The van der Waals surface area contributed by atoms with Crippen molar-refractivity contribution in [2.75, 3.05) is 43.5 Å². The summed E-state index contributed by atoms with van der Waals surface area (Å²) in [7, 11) is 1.56. The minimum absolute atomic E-state index is 0.104. The Kier molecular flexibility index (Phi) is 5.18. The third-order valence-corrected chi connectivity index (χ3v) is 4.15. The maximum Gasteiger partial charge on any atom is 0.239 e. The Bertz CT molecular complexity index is 747. The lowest BCUT2D eigenvalue weighted by molar-refractivity contribution is -0.129. The summed E-state index contributed by atoms with van der Waals surface area (Å²) in [5, 5.41) is 3.53. The van der Waals surface area contributed by atoms with Gasteiger partial charge < -0.3 is 19.9 Å². The van der Waals surface area contributed by atoms with Gasteiger partial charge in [0.15, 0.2) is 0 Å². The van der Waals surface area contributed by atoms with E-state index in [0.29, 0.717) is 35.6 Å². The average molecular weight is 363 g/mol. The molecule has 0 saturated carbocycles. The van der Waals surface area contributed by atoms with Crippen LogP contribution in [0.15, 0.2) is 24.5 Å². The molecule has 2 aromatic rings. The van der Waals surface area contributed by atoms with Crippen LogP contribution in [-0.2, 0) is 4.79 Å². The van der Waals surface area contributed by atoms with Gasteiger partial charge in [-0.3, -0.25) is 4.79 Å². The SMILES string of the molecule is COc1nc(N2CCN(C(C)=O)CC2)ccc1Nc1ncc(Cl)cn1. The molecule has 1 saturated heterocycles. The van der Waals surface area contributed by atoms with E-state index in [1.165, 1.54) is 12.4 Å². The van der Waals surface area contributed by atoms with Crippen molar-refractivity contribution in [3.05, 3.63) is 29.5 Å². The van der Waals surface area contributed by atoms with Crippen LogP contribution in [0.4, 0.5) is 17.5 Å². The van der Waals surface area contributed by atoms with Crippen molar-refractivity contribution in [3.8, 4) is 5.88 Å². The Morgan fingerprint density at radius 3 is 2.48 bits per heavy atom. The number of methoxy groups -OCH3 is 1.